The lowest BCUT2D eigenvalue weighted by atomic mass is 9.75. The summed E-state index contributed by atoms with van der Waals surface area (Å²) in [6.07, 6.45) is -1.20. The second kappa shape index (κ2) is 5.29. The lowest BCUT2D eigenvalue weighted by Gasteiger charge is -2.34. The minimum absolute atomic E-state index is 0.297. The molecule has 4 nitrogen and oxygen atoms in total. The molecule has 1 fully saturated rings. The zero-order chi connectivity index (χ0) is 14.9. The lowest BCUT2D eigenvalue weighted by molar-refractivity contribution is -0.146. The number of hydrogen-bond acceptors (Lipinski definition) is 4. The molecule has 7 heteroatoms. The van der Waals surface area contributed by atoms with Crippen LogP contribution in [0.15, 0.2) is 29.5 Å². The van der Waals surface area contributed by atoms with Crippen molar-refractivity contribution in [3.8, 4) is 0 Å². The monoisotopic (exact) mass is 298 g/mol. The molecule has 1 aromatic heterocycles. The number of nitrogens with one attached hydrogen (secondary N) is 1. The summed E-state index contributed by atoms with van der Waals surface area (Å²) >= 11 is 0. The standard InChI is InChI=1S/C14H17F3N4/c15-14(16,17)10-21-9-13(7-11-3-1-2-5-19-11)8-18-6-4-12(13)20-21/h1-3,5,18H,4,6-10H2. The first-order valence-electron chi connectivity index (χ1n) is 6.97. The Balaban J connectivity index is 1.80. The van der Waals surface area contributed by atoms with Gasteiger partial charge in [-0.3, -0.25) is 9.99 Å². The fraction of sp³-hybridized carbons (Fsp3) is 0.571. The van der Waals surface area contributed by atoms with E-state index in [4.69, 9.17) is 0 Å². The molecular formula is C14H17F3N4. The molecule has 1 atom stereocenters. The number of alkyl halides is 3. The predicted molar refractivity (Wildman–Crippen MR) is 72.9 cm³/mol. The molecule has 2 aliphatic heterocycles. The van der Waals surface area contributed by atoms with Crippen LogP contribution in [0.25, 0.3) is 0 Å². The highest BCUT2D eigenvalue weighted by molar-refractivity contribution is 5.93. The number of hydrazone groups is 1. The molecule has 1 saturated heterocycles. The fourth-order valence-corrected chi connectivity index (χ4v) is 3.13. The van der Waals surface area contributed by atoms with Crippen molar-refractivity contribution in [3.05, 3.63) is 30.1 Å². The summed E-state index contributed by atoms with van der Waals surface area (Å²) in [7, 11) is 0. The maximum Gasteiger partial charge on any atom is 0.407 e. The van der Waals surface area contributed by atoms with Gasteiger partial charge in [-0.15, -0.1) is 0 Å². The number of nitrogens with zero attached hydrogens (tertiary/aromatic N) is 3. The van der Waals surface area contributed by atoms with E-state index in [0.717, 1.165) is 23.0 Å². The van der Waals surface area contributed by atoms with Gasteiger partial charge in [-0.05, 0) is 12.1 Å². The predicted octanol–water partition coefficient (Wildman–Crippen LogP) is 1.84. The van der Waals surface area contributed by atoms with Crippen LogP contribution in [0.4, 0.5) is 13.2 Å². The molecule has 0 spiro atoms. The van der Waals surface area contributed by atoms with Crippen molar-refractivity contribution in [1.82, 2.24) is 15.3 Å². The van der Waals surface area contributed by atoms with Gasteiger partial charge in [-0.1, -0.05) is 6.07 Å². The number of hydrogen-bond donors (Lipinski definition) is 1. The van der Waals surface area contributed by atoms with E-state index in [9.17, 15) is 13.2 Å². The van der Waals surface area contributed by atoms with Crippen LogP contribution >= 0.6 is 0 Å². The molecule has 0 aromatic carbocycles. The van der Waals surface area contributed by atoms with Crippen molar-refractivity contribution in [2.75, 3.05) is 26.2 Å². The average molecular weight is 298 g/mol. The van der Waals surface area contributed by atoms with Gasteiger partial charge < -0.3 is 5.32 Å². The van der Waals surface area contributed by atoms with Crippen LogP contribution in [-0.4, -0.2) is 48.1 Å². The van der Waals surface area contributed by atoms with Crippen molar-refractivity contribution in [2.24, 2.45) is 10.5 Å². The van der Waals surface area contributed by atoms with Crippen LogP contribution in [-0.2, 0) is 6.42 Å². The topological polar surface area (TPSA) is 40.5 Å². The van der Waals surface area contributed by atoms with Crippen molar-refractivity contribution in [3.63, 3.8) is 0 Å². The summed E-state index contributed by atoms with van der Waals surface area (Å²) < 4.78 is 37.8. The van der Waals surface area contributed by atoms with Gasteiger partial charge in [0.15, 0.2) is 0 Å². The first-order chi connectivity index (χ1) is 9.97. The zero-order valence-corrected chi connectivity index (χ0v) is 11.5. The third-order valence-electron chi connectivity index (χ3n) is 3.97. The second-order valence-corrected chi connectivity index (χ2v) is 5.69. The van der Waals surface area contributed by atoms with Crippen molar-refractivity contribution in [1.29, 1.82) is 0 Å². The molecule has 3 rings (SSSR count). The van der Waals surface area contributed by atoms with Crippen molar-refractivity contribution in [2.45, 2.75) is 19.0 Å². The van der Waals surface area contributed by atoms with Gasteiger partial charge >= 0.3 is 6.18 Å². The molecule has 2 aliphatic rings. The van der Waals surface area contributed by atoms with Crippen molar-refractivity contribution >= 4 is 5.71 Å². The van der Waals surface area contributed by atoms with Crippen LogP contribution in [0.1, 0.15) is 12.1 Å². The van der Waals surface area contributed by atoms with Crippen LogP contribution in [0, 0.1) is 5.41 Å². The summed E-state index contributed by atoms with van der Waals surface area (Å²) in [5.74, 6) is 0. The van der Waals surface area contributed by atoms with Crippen LogP contribution in [0.3, 0.4) is 0 Å². The van der Waals surface area contributed by atoms with E-state index < -0.39 is 12.7 Å². The molecule has 3 heterocycles. The highest BCUT2D eigenvalue weighted by Gasteiger charge is 2.46. The summed E-state index contributed by atoms with van der Waals surface area (Å²) in [5.41, 5.74) is 1.40. The van der Waals surface area contributed by atoms with Gasteiger partial charge in [0, 0.05) is 55.5 Å². The molecule has 0 aliphatic carbocycles. The Morgan fingerprint density at radius 1 is 1.33 bits per heavy atom. The molecule has 0 bridgehead atoms. The lowest BCUT2D eigenvalue weighted by Crippen LogP contribution is -2.50. The number of fused-ring (bicyclic) bond motifs is 1. The van der Waals surface area contributed by atoms with E-state index >= 15 is 0 Å². The molecule has 0 saturated carbocycles. The summed E-state index contributed by atoms with van der Waals surface area (Å²) in [5, 5.41) is 8.67. The van der Waals surface area contributed by atoms with E-state index in [0.29, 0.717) is 25.9 Å². The molecule has 0 radical (unpaired) electrons. The number of pyridine rings is 1. The normalized spacial score (nSPS) is 25.7. The Labute approximate surface area is 121 Å². The Morgan fingerprint density at radius 3 is 2.90 bits per heavy atom. The largest absolute Gasteiger partial charge is 0.407 e. The summed E-state index contributed by atoms with van der Waals surface area (Å²) in [6, 6.07) is 5.64. The van der Waals surface area contributed by atoms with E-state index in [1.807, 2.05) is 18.2 Å². The van der Waals surface area contributed by atoms with Crippen LogP contribution < -0.4 is 5.32 Å². The quantitative estimate of drug-likeness (QED) is 0.925. The third kappa shape index (κ3) is 3.18. The van der Waals surface area contributed by atoms with Gasteiger partial charge in [-0.25, -0.2) is 0 Å². The maximum absolute atomic E-state index is 12.6. The zero-order valence-electron chi connectivity index (χ0n) is 11.5. The number of piperidine rings is 1. The summed E-state index contributed by atoms with van der Waals surface area (Å²) in [4.78, 5) is 4.30. The van der Waals surface area contributed by atoms with E-state index in [1.165, 1.54) is 0 Å². The average Bonchev–Trinajstić information content (AvgIpc) is 2.74. The van der Waals surface area contributed by atoms with Crippen LogP contribution in [0.2, 0.25) is 0 Å². The molecule has 1 unspecified atom stereocenters. The highest BCUT2D eigenvalue weighted by Crippen LogP contribution is 2.35. The highest BCUT2D eigenvalue weighted by atomic mass is 19.4. The molecule has 1 aromatic rings. The fourth-order valence-electron chi connectivity index (χ4n) is 3.13. The maximum atomic E-state index is 12.6. The number of halogens is 3. The van der Waals surface area contributed by atoms with Crippen molar-refractivity contribution < 1.29 is 13.2 Å². The molecular weight excluding hydrogens is 281 g/mol. The third-order valence-corrected chi connectivity index (χ3v) is 3.97. The molecule has 0 amide bonds. The number of aromatic nitrogens is 1. The Bertz CT molecular complexity index is 529. The Morgan fingerprint density at radius 2 is 2.19 bits per heavy atom. The second-order valence-electron chi connectivity index (χ2n) is 5.69. The van der Waals surface area contributed by atoms with Gasteiger partial charge in [0.05, 0.1) is 0 Å². The molecule has 1 N–H and O–H groups in total. The van der Waals surface area contributed by atoms with E-state index in [1.54, 1.807) is 6.20 Å². The minimum atomic E-state index is -4.23. The summed E-state index contributed by atoms with van der Waals surface area (Å²) in [6.45, 7) is 0.727. The minimum Gasteiger partial charge on any atom is -0.315 e. The Hall–Kier alpha value is -1.63. The molecule has 21 heavy (non-hydrogen) atoms. The smallest absolute Gasteiger partial charge is 0.315 e. The van der Waals surface area contributed by atoms with Gasteiger partial charge in [-0.2, -0.15) is 18.3 Å². The van der Waals surface area contributed by atoms with Gasteiger partial charge in [0.2, 0.25) is 0 Å². The van der Waals surface area contributed by atoms with E-state index in [-0.39, 0.29) is 5.41 Å². The first kappa shape index (κ1) is 14.3. The SMILES string of the molecule is FC(F)(F)CN1CC2(Cc3ccccn3)CNCCC2=N1. The van der Waals surface area contributed by atoms with Crippen LogP contribution in [0.5, 0.6) is 0 Å². The first-order valence-corrected chi connectivity index (χ1v) is 6.97. The van der Waals surface area contributed by atoms with Gasteiger partial charge in [0.1, 0.15) is 6.54 Å². The number of rotatable bonds is 3. The van der Waals surface area contributed by atoms with E-state index in [2.05, 4.69) is 15.4 Å². The Kier molecular flexibility index (Phi) is 3.61. The molecule has 114 valence electrons. The van der Waals surface area contributed by atoms with Gasteiger partial charge in [0.25, 0.3) is 0 Å².